The van der Waals surface area contributed by atoms with Crippen molar-refractivity contribution in [2.24, 2.45) is 0 Å². The number of benzene rings is 1. The second kappa shape index (κ2) is 8.43. The molecule has 4 heterocycles. The van der Waals surface area contributed by atoms with Crippen molar-refractivity contribution < 1.29 is 0 Å². The van der Waals surface area contributed by atoms with E-state index in [2.05, 4.69) is 62.9 Å². The molecule has 0 radical (unpaired) electrons. The third-order valence-electron chi connectivity index (χ3n) is 6.22. The molecule has 5 N–H and O–H groups in total. The average Bonchev–Trinajstić information content (AvgIpc) is 3.47. The lowest BCUT2D eigenvalue weighted by atomic mass is 10.1. The summed E-state index contributed by atoms with van der Waals surface area (Å²) in [6, 6.07) is 10.8. The summed E-state index contributed by atoms with van der Waals surface area (Å²) in [7, 11) is 0. The van der Waals surface area contributed by atoms with E-state index in [1.807, 2.05) is 18.3 Å². The third-order valence-corrected chi connectivity index (χ3v) is 6.22. The fourth-order valence-corrected chi connectivity index (χ4v) is 4.41. The molecule has 0 amide bonds. The molecule has 31 heavy (non-hydrogen) atoms. The number of H-pyrrole nitrogens is 1. The number of aryl methyl sites for hydroxylation is 1. The first-order valence-corrected chi connectivity index (χ1v) is 11.1. The van der Waals surface area contributed by atoms with Gasteiger partial charge in [0.15, 0.2) is 0 Å². The molecule has 5 rings (SSSR count). The lowest BCUT2D eigenvalue weighted by Gasteiger charge is -2.22. The number of para-hydroxylation sites is 1. The number of aromatic amines is 1. The van der Waals surface area contributed by atoms with Crippen LogP contribution in [-0.2, 0) is 13.0 Å². The minimum atomic E-state index is 0.455. The highest BCUT2D eigenvalue weighted by Crippen LogP contribution is 2.27. The maximum Gasteiger partial charge on any atom is 0.150 e. The van der Waals surface area contributed by atoms with Gasteiger partial charge in [0.05, 0.1) is 23.6 Å². The Morgan fingerprint density at radius 1 is 1.16 bits per heavy atom. The molecular weight excluding hydrogens is 386 g/mol. The maximum atomic E-state index is 6.23. The lowest BCUT2D eigenvalue weighted by Crippen LogP contribution is -2.29. The molecule has 0 unspecified atom stereocenters. The summed E-state index contributed by atoms with van der Waals surface area (Å²) in [5.74, 6) is 0.702. The number of fused-ring (bicyclic) bond motifs is 1. The molecule has 3 aromatic heterocycles. The predicted molar refractivity (Wildman–Crippen MR) is 126 cm³/mol. The van der Waals surface area contributed by atoms with Crippen molar-refractivity contribution in [1.29, 1.82) is 0 Å². The highest BCUT2D eigenvalue weighted by atomic mass is 15.3. The van der Waals surface area contributed by atoms with Crippen molar-refractivity contribution in [1.82, 2.24) is 25.1 Å². The van der Waals surface area contributed by atoms with Crippen LogP contribution in [0.3, 0.4) is 0 Å². The molecule has 7 nitrogen and oxygen atoms in total. The van der Waals surface area contributed by atoms with Gasteiger partial charge in [-0.25, -0.2) is 4.98 Å². The number of nitrogen functional groups attached to an aromatic ring is 1. The van der Waals surface area contributed by atoms with Gasteiger partial charge in [-0.15, -0.1) is 0 Å². The van der Waals surface area contributed by atoms with Gasteiger partial charge < -0.3 is 21.4 Å². The highest BCUT2D eigenvalue weighted by molar-refractivity contribution is 5.86. The monoisotopic (exact) mass is 415 g/mol. The fraction of sp³-hybridized carbons (Fsp3) is 0.333. The number of nitrogens with zero attached hydrogens (tertiary/aromatic N) is 3. The summed E-state index contributed by atoms with van der Waals surface area (Å²) in [4.78, 5) is 8.22. The number of piperidine rings is 1. The number of hydrogen-bond donors (Lipinski definition) is 4. The van der Waals surface area contributed by atoms with Crippen LogP contribution in [0.4, 0.5) is 11.5 Å². The zero-order chi connectivity index (χ0) is 21.2. The molecule has 4 aromatic rings. The standard InChI is InChI=1S/C24H29N7/c1-2-16-4-3-5-20-17(12-27-23(16)20)13-28-24-21(25)6-7-22(30-24)18-14-29-31(15-18)19-8-10-26-11-9-19/h3-7,12,14-15,19,26-27H,2,8-11,13,25H2,1H3,(H,28,30). The van der Waals surface area contributed by atoms with Gasteiger partial charge in [0.25, 0.3) is 0 Å². The van der Waals surface area contributed by atoms with Crippen molar-refractivity contribution >= 4 is 22.4 Å². The number of nitrogens with two attached hydrogens (primary N) is 1. The Hall–Kier alpha value is -3.32. The van der Waals surface area contributed by atoms with Crippen LogP contribution < -0.4 is 16.4 Å². The van der Waals surface area contributed by atoms with Crippen molar-refractivity contribution in [2.45, 2.75) is 38.8 Å². The molecular formula is C24H29N7. The summed E-state index contributed by atoms with van der Waals surface area (Å²) in [5.41, 5.74) is 12.5. The van der Waals surface area contributed by atoms with Crippen LogP contribution in [0.25, 0.3) is 22.2 Å². The van der Waals surface area contributed by atoms with Crippen molar-refractivity contribution in [3.63, 3.8) is 0 Å². The van der Waals surface area contributed by atoms with Gasteiger partial charge in [-0.3, -0.25) is 4.68 Å². The van der Waals surface area contributed by atoms with E-state index in [1.54, 1.807) is 0 Å². The Bertz CT molecular complexity index is 1180. The Morgan fingerprint density at radius 2 is 2.03 bits per heavy atom. The molecule has 160 valence electrons. The quantitative estimate of drug-likeness (QED) is 0.380. The zero-order valence-corrected chi connectivity index (χ0v) is 17.9. The smallest absolute Gasteiger partial charge is 0.150 e. The number of hydrogen-bond acceptors (Lipinski definition) is 5. The van der Waals surface area contributed by atoms with Gasteiger partial charge in [0.1, 0.15) is 5.82 Å². The average molecular weight is 416 g/mol. The van der Waals surface area contributed by atoms with Crippen LogP contribution in [0.15, 0.2) is 48.9 Å². The molecule has 0 spiro atoms. The first-order valence-electron chi connectivity index (χ1n) is 11.1. The first-order chi connectivity index (χ1) is 15.2. The van der Waals surface area contributed by atoms with Crippen LogP contribution in [-0.4, -0.2) is 32.8 Å². The number of rotatable bonds is 6. The van der Waals surface area contributed by atoms with Crippen LogP contribution in [0.1, 0.15) is 36.9 Å². The lowest BCUT2D eigenvalue weighted by molar-refractivity contribution is 0.343. The molecule has 1 aliphatic heterocycles. The Balaban J connectivity index is 1.35. The normalized spacial score (nSPS) is 14.9. The summed E-state index contributed by atoms with van der Waals surface area (Å²) in [5, 5.41) is 12.7. The van der Waals surface area contributed by atoms with Crippen LogP contribution in [0, 0.1) is 0 Å². The van der Waals surface area contributed by atoms with E-state index in [0.29, 0.717) is 24.1 Å². The molecule has 0 bridgehead atoms. The maximum absolute atomic E-state index is 6.23. The number of anilines is 2. The number of nitrogens with one attached hydrogen (secondary N) is 3. The molecule has 1 aliphatic rings. The Morgan fingerprint density at radius 3 is 2.87 bits per heavy atom. The van der Waals surface area contributed by atoms with Crippen LogP contribution in [0.5, 0.6) is 0 Å². The predicted octanol–water partition coefficient (Wildman–Crippen LogP) is 4.11. The summed E-state index contributed by atoms with van der Waals surface area (Å²) in [6.07, 6.45) is 9.29. The number of aromatic nitrogens is 4. The van der Waals surface area contributed by atoms with E-state index in [0.717, 1.165) is 43.6 Å². The van der Waals surface area contributed by atoms with Crippen molar-refractivity contribution in [3.8, 4) is 11.3 Å². The molecule has 0 saturated carbocycles. The zero-order valence-electron chi connectivity index (χ0n) is 17.9. The van der Waals surface area contributed by atoms with E-state index in [1.165, 1.54) is 22.0 Å². The van der Waals surface area contributed by atoms with Gasteiger partial charge in [0.2, 0.25) is 0 Å². The van der Waals surface area contributed by atoms with Gasteiger partial charge in [-0.05, 0) is 55.6 Å². The Labute approximate surface area is 182 Å². The van der Waals surface area contributed by atoms with Gasteiger partial charge >= 0.3 is 0 Å². The first kappa shape index (κ1) is 19.6. The van der Waals surface area contributed by atoms with Crippen LogP contribution >= 0.6 is 0 Å². The molecule has 1 aromatic carbocycles. The van der Waals surface area contributed by atoms with Crippen molar-refractivity contribution in [3.05, 3.63) is 60.0 Å². The molecule has 7 heteroatoms. The van der Waals surface area contributed by atoms with E-state index in [9.17, 15) is 0 Å². The Kier molecular flexibility index (Phi) is 5.34. The van der Waals surface area contributed by atoms with Gasteiger partial charge in [0, 0.05) is 35.4 Å². The number of pyridine rings is 1. The van der Waals surface area contributed by atoms with Gasteiger partial charge in [-0.1, -0.05) is 25.1 Å². The molecule has 1 saturated heterocycles. The molecule has 0 aliphatic carbocycles. The highest BCUT2D eigenvalue weighted by Gasteiger charge is 2.17. The van der Waals surface area contributed by atoms with Gasteiger partial charge in [-0.2, -0.15) is 5.10 Å². The second-order valence-electron chi connectivity index (χ2n) is 8.19. The second-order valence-corrected chi connectivity index (χ2v) is 8.19. The van der Waals surface area contributed by atoms with Crippen molar-refractivity contribution in [2.75, 3.05) is 24.1 Å². The van der Waals surface area contributed by atoms with E-state index in [-0.39, 0.29) is 0 Å². The SMILES string of the molecule is CCc1cccc2c(CNc3nc(-c4cnn(C5CCNCC5)c4)ccc3N)c[nH]c12. The van der Waals surface area contributed by atoms with E-state index < -0.39 is 0 Å². The minimum absolute atomic E-state index is 0.455. The summed E-state index contributed by atoms with van der Waals surface area (Å²) >= 11 is 0. The molecule has 1 fully saturated rings. The largest absolute Gasteiger partial charge is 0.396 e. The third kappa shape index (κ3) is 3.88. The van der Waals surface area contributed by atoms with E-state index >= 15 is 0 Å². The minimum Gasteiger partial charge on any atom is -0.396 e. The fourth-order valence-electron chi connectivity index (χ4n) is 4.41. The summed E-state index contributed by atoms with van der Waals surface area (Å²) in [6.45, 7) is 4.92. The van der Waals surface area contributed by atoms with Crippen LogP contribution in [0.2, 0.25) is 0 Å². The summed E-state index contributed by atoms with van der Waals surface area (Å²) < 4.78 is 2.08. The molecule has 0 atom stereocenters. The van der Waals surface area contributed by atoms with E-state index in [4.69, 9.17) is 10.7 Å². The topological polar surface area (TPSA) is 96.6 Å².